The number of rotatable bonds is 7. The maximum atomic E-state index is 5.59. The molecule has 1 aliphatic heterocycles. The van der Waals surface area contributed by atoms with Gasteiger partial charge in [0.2, 0.25) is 0 Å². The topological polar surface area (TPSA) is 58.1 Å². The fourth-order valence-electron chi connectivity index (χ4n) is 2.84. The molecule has 2 N–H and O–H groups in total. The van der Waals surface area contributed by atoms with Crippen LogP contribution >= 0.6 is 24.0 Å². The van der Waals surface area contributed by atoms with Crippen molar-refractivity contribution in [1.29, 1.82) is 0 Å². The molecule has 1 saturated heterocycles. The molecular weight excluding hydrogens is 419 g/mol. The minimum Gasteiger partial charge on any atom is -0.383 e. The van der Waals surface area contributed by atoms with Crippen LogP contribution in [0.15, 0.2) is 4.99 Å². The average molecular weight is 456 g/mol. The van der Waals surface area contributed by atoms with E-state index in [0.29, 0.717) is 6.04 Å². The Hall–Kier alpha value is -0.120. The quantitative estimate of drug-likeness (QED) is 0.349. The van der Waals surface area contributed by atoms with Gasteiger partial charge in [0.25, 0.3) is 0 Å². The van der Waals surface area contributed by atoms with Gasteiger partial charge in [-0.05, 0) is 18.3 Å². The predicted molar refractivity (Wildman–Crippen MR) is 112 cm³/mol. The maximum absolute atomic E-state index is 5.59. The Morgan fingerprint density at radius 1 is 1.25 bits per heavy atom. The fourth-order valence-corrected chi connectivity index (χ4v) is 2.84. The average Bonchev–Trinajstić information content (AvgIpc) is 2.52. The van der Waals surface area contributed by atoms with E-state index in [1.807, 2.05) is 7.05 Å². The molecule has 0 bridgehead atoms. The maximum Gasteiger partial charge on any atom is 0.191 e. The summed E-state index contributed by atoms with van der Waals surface area (Å²) in [5, 5.41) is 6.94. The van der Waals surface area contributed by atoms with Crippen LogP contribution in [0.25, 0.3) is 0 Å². The molecule has 0 amide bonds. The smallest absolute Gasteiger partial charge is 0.191 e. The summed E-state index contributed by atoms with van der Waals surface area (Å²) in [5.41, 5.74) is 0.104. The molecule has 0 saturated carbocycles. The third-order valence-electron chi connectivity index (χ3n) is 4.47. The second-order valence-corrected chi connectivity index (χ2v) is 7.30. The molecule has 1 unspecified atom stereocenters. The number of methoxy groups -OCH3 is 2. The molecule has 7 heteroatoms. The van der Waals surface area contributed by atoms with Gasteiger partial charge in [-0.25, -0.2) is 0 Å². The van der Waals surface area contributed by atoms with Crippen molar-refractivity contribution in [2.75, 3.05) is 54.1 Å². The van der Waals surface area contributed by atoms with Gasteiger partial charge in [0.15, 0.2) is 5.96 Å². The minimum atomic E-state index is 0. The molecule has 0 aromatic rings. The van der Waals surface area contributed by atoms with Crippen LogP contribution < -0.4 is 10.6 Å². The van der Waals surface area contributed by atoms with Crippen LogP contribution in [0.3, 0.4) is 0 Å². The Labute approximate surface area is 165 Å². The van der Waals surface area contributed by atoms with Crippen molar-refractivity contribution in [1.82, 2.24) is 15.5 Å². The number of likely N-dealkylation sites (tertiary alicyclic amines) is 1. The molecule has 6 nitrogen and oxygen atoms in total. The van der Waals surface area contributed by atoms with Gasteiger partial charge < -0.3 is 25.0 Å². The third-order valence-corrected chi connectivity index (χ3v) is 4.47. The van der Waals surface area contributed by atoms with E-state index in [2.05, 4.69) is 41.3 Å². The van der Waals surface area contributed by atoms with Crippen molar-refractivity contribution < 1.29 is 9.47 Å². The molecule has 0 aliphatic carbocycles. The zero-order valence-corrected chi connectivity index (χ0v) is 18.6. The summed E-state index contributed by atoms with van der Waals surface area (Å²) < 4.78 is 10.7. The lowest BCUT2D eigenvalue weighted by molar-refractivity contribution is 0.0204. The van der Waals surface area contributed by atoms with E-state index in [0.717, 1.165) is 51.6 Å². The van der Waals surface area contributed by atoms with Gasteiger partial charge in [-0.1, -0.05) is 20.8 Å². The number of aliphatic imine (C=N–C) groups is 1. The number of hydrogen-bond acceptors (Lipinski definition) is 4. The van der Waals surface area contributed by atoms with Gasteiger partial charge in [-0.3, -0.25) is 4.99 Å². The molecule has 1 rings (SSSR count). The summed E-state index contributed by atoms with van der Waals surface area (Å²) in [6.07, 6.45) is 2.42. The van der Waals surface area contributed by atoms with Gasteiger partial charge in [0.05, 0.1) is 12.7 Å². The molecule has 0 aromatic carbocycles. The lowest BCUT2D eigenvalue weighted by atomic mass is 9.89. The van der Waals surface area contributed by atoms with E-state index in [9.17, 15) is 0 Å². The van der Waals surface area contributed by atoms with Crippen LogP contribution in [-0.2, 0) is 9.47 Å². The highest BCUT2D eigenvalue weighted by Gasteiger charge is 2.25. The van der Waals surface area contributed by atoms with Gasteiger partial charge in [0.1, 0.15) is 0 Å². The number of nitrogens with one attached hydrogen (secondary N) is 2. The summed E-state index contributed by atoms with van der Waals surface area (Å²) >= 11 is 0. The molecule has 1 atom stereocenters. The highest BCUT2D eigenvalue weighted by atomic mass is 127. The van der Waals surface area contributed by atoms with Crippen molar-refractivity contribution in [2.24, 2.45) is 10.4 Å². The minimum absolute atomic E-state index is 0. The van der Waals surface area contributed by atoms with Gasteiger partial charge in [0, 0.05) is 53.5 Å². The standard InChI is InChI=1S/C17H36N4O2.HI/c1-17(2,3)15(23-6)13-19-16(18-4)20-14-7-9-21(10-8-14)11-12-22-5;/h14-15H,7-13H2,1-6H3,(H2,18,19,20);1H. The molecule has 0 aromatic heterocycles. The largest absolute Gasteiger partial charge is 0.383 e. The first-order valence-corrected chi connectivity index (χ1v) is 8.62. The second kappa shape index (κ2) is 12.3. The van der Waals surface area contributed by atoms with E-state index in [1.165, 1.54) is 0 Å². The molecule has 0 radical (unpaired) electrons. The Morgan fingerprint density at radius 3 is 2.33 bits per heavy atom. The van der Waals surface area contributed by atoms with E-state index >= 15 is 0 Å². The molecular formula is C17H37IN4O2. The van der Waals surface area contributed by atoms with Crippen LogP contribution in [-0.4, -0.2) is 77.1 Å². The summed E-state index contributed by atoms with van der Waals surface area (Å²) in [7, 11) is 5.35. The zero-order valence-electron chi connectivity index (χ0n) is 16.2. The van der Waals surface area contributed by atoms with E-state index < -0.39 is 0 Å². The predicted octanol–water partition coefficient (Wildman–Crippen LogP) is 1.94. The van der Waals surface area contributed by atoms with Gasteiger partial charge in [-0.15, -0.1) is 24.0 Å². The lowest BCUT2D eigenvalue weighted by Gasteiger charge is -2.34. The van der Waals surface area contributed by atoms with Crippen molar-refractivity contribution in [3.63, 3.8) is 0 Å². The van der Waals surface area contributed by atoms with Gasteiger partial charge >= 0.3 is 0 Å². The van der Waals surface area contributed by atoms with Crippen LogP contribution in [0.1, 0.15) is 33.6 Å². The number of ether oxygens (including phenoxy) is 2. The third kappa shape index (κ3) is 8.82. The number of hydrogen-bond donors (Lipinski definition) is 2. The zero-order chi connectivity index (χ0) is 17.3. The number of guanidine groups is 1. The fraction of sp³-hybridized carbons (Fsp3) is 0.941. The van der Waals surface area contributed by atoms with E-state index in [1.54, 1.807) is 14.2 Å². The molecule has 1 aliphatic rings. The summed E-state index contributed by atoms with van der Waals surface area (Å²) in [6, 6.07) is 0.482. The molecule has 0 spiro atoms. The van der Waals surface area contributed by atoms with Gasteiger partial charge in [-0.2, -0.15) is 0 Å². The molecule has 1 fully saturated rings. The highest BCUT2D eigenvalue weighted by molar-refractivity contribution is 14.0. The summed E-state index contributed by atoms with van der Waals surface area (Å²) in [6.45, 7) is 11.4. The Balaban J connectivity index is 0.00000529. The Morgan fingerprint density at radius 2 is 1.88 bits per heavy atom. The number of piperidine rings is 1. The monoisotopic (exact) mass is 456 g/mol. The first-order valence-electron chi connectivity index (χ1n) is 8.62. The normalized spacial score (nSPS) is 18.8. The molecule has 1 heterocycles. The first kappa shape index (κ1) is 23.9. The second-order valence-electron chi connectivity index (χ2n) is 7.30. The first-order chi connectivity index (χ1) is 10.9. The van der Waals surface area contributed by atoms with Crippen molar-refractivity contribution in [3.05, 3.63) is 0 Å². The van der Waals surface area contributed by atoms with Crippen molar-refractivity contribution in [2.45, 2.75) is 45.8 Å². The van der Waals surface area contributed by atoms with E-state index in [4.69, 9.17) is 9.47 Å². The van der Waals surface area contributed by atoms with Crippen LogP contribution in [0.5, 0.6) is 0 Å². The SMILES string of the molecule is CN=C(NCC(OC)C(C)(C)C)NC1CCN(CCOC)CC1.I. The van der Waals surface area contributed by atoms with Crippen molar-refractivity contribution >= 4 is 29.9 Å². The van der Waals surface area contributed by atoms with Crippen LogP contribution in [0.2, 0.25) is 0 Å². The highest BCUT2D eigenvalue weighted by Crippen LogP contribution is 2.20. The summed E-state index contributed by atoms with van der Waals surface area (Å²) in [4.78, 5) is 6.80. The van der Waals surface area contributed by atoms with Crippen LogP contribution in [0.4, 0.5) is 0 Å². The Bertz CT molecular complexity index is 353. The lowest BCUT2D eigenvalue weighted by Crippen LogP contribution is -2.51. The Kier molecular flexibility index (Phi) is 12.2. The summed E-state index contributed by atoms with van der Waals surface area (Å²) in [5.74, 6) is 0.867. The number of nitrogens with zero attached hydrogens (tertiary/aromatic N) is 2. The molecule has 24 heavy (non-hydrogen) atoms. The van der Waals surface area contributed by atoms with E-state index in [-0.39, 0.29) is 35.5 Å². The van der Waals surface area contributed by atoms with Crippen LogP contribution in [0, 0.1) is 5.41 Å². The number of halogens is 1. The molecule has 144 valence electrons. The van der Waals surface area contributed by atoms with Crippen molar-refractivity contribution in [3.8, 4) is 0 Å².